The normalized spacial score (nSPS) is 21.2. The molecule has 0 bridgehead atoms. The number of nitrogens with one attached hydrogen (secondary N) is 2. The van der Waals surface area contributed by atoms with Crippen LogP contribution in [-0.4, -0.2) is 38.9 Å². The number of urea groups is 1. The van der Waals surface area contributed by atoms with E-state index in [0.717, 1.165) is 38.2 Å². The molecule has 0 radical (unpaired) electrons. The summed E-state index contributed by atoms with van der Waals surface area (Å²) >= 11 is 0. The fourth-order valence-corrected chi connectivity index (χ4v) is 2.69. The van der Waals surface area contributed by atoms with E-state index in [1.807, 2.05) is 24.3 Å². The Hall–Kier alpha value is -1.75. The lowest BCUT2D eigenvalue weighted by atomic mass is 9.96. The van der Waals surface area contributed by atoms with Crippen LogP contribution in [0.1, 0.15) is 25.3 Å². The van der Waals surface area contributed by atoms with Crippen LogP contribution >= 0.6 is 0 Å². The maximum Gasteiger partial charge on any atom is 0.314 e. The average molecular weight is 306 g/mol. The van der Waals surface area contributed by atoms with E-state index in [0.29, 0.717) is 18.6 Å². The summed E-state index contributed by atoms with van der Waals surface area (Å²) in [6.45, 7) is 4.23. The minimum absolute atomic E-state index is 0.0901. The highest BCUT2D eigenvalue weighted by atomic mass is 16.5. The van der Waals surface area contributed by atoms with Crippen LogP contribution in [0.25, 0.3) is 0 Å². The Morgan fingerprint density at radius 3 is 2.77 bits per heavy atom. The lowest BCUT2D eigenvalue weighted by molar-refractivity contribution is 0.00346. The first kappa shape index (κ1) is 16.6. The van der Waals surface area contributed by atoms with Crippen molar-refractivity contribution in [2.45, 2.75) is 32.3 Å². The van der Waals surface area contributed by atoms with E-state index in [-0.39, 0.29) is 6.03 Å². The van der Waals surface area contributed by atoms with Gasteiger partial charge in [0, 0.05) is 19.7 Å². The third-order valence-corrected chi connectivity index (χ3v) is 4.00. The second-order valence-electron chi connectivity index (χ2n) is 5.81. The highest BCUT2D eigenvalue weighted by Gasteiger charge is 2.19. The van der Waals surface area contributed by atoms with Gasteiger partial charge in [-0.25, -0.2) is 4.79 Å². The highest BCUT2D eigenvalue weighted by Crippen LogP contribution is 2.18. The van der Waals surface area contributed by atoms with E-state index in [1.165, 1.54) is 5.56 Å². The number of amides is 2. The molecule has 1 heterocycles. The molecule has 2 N–H and O–H groups in total. The number of ether oxygens (including phenoxy) is 2. The molecule has 2 atom stereocenters. The standard InChI is InChI=1S/C17H26N2O3/c1-13-11-15(8-10-22-13)12-19-17(20)18-9-7-14-3-5-16(21-2)6-4-14/h3-6,13,15H,7-12H2,1-2H3,(H2,18,19,20)/t13-,15+/m0/s1. The van der Waals surface area contributed by atoms with Gasteiger partial charge in [-0.15, -0.1) is 0 Å². The molecule has 0 aliphatic carbocycles. The van der Waals surface area contributed by atoms with Crippen molar-refractivity contribution in [3.05, 3.63) is 29.8 Å². The zero-order valence-electron chi connectivity index (χ0n) is 13.4. The van der Waals surface area contributed by atoms with Gasteiger partial charge in [-0.2, -0.15) is 0 Å². The quantitative estimate of drug-likeness (QED) is 0.848. The van der Waals surface area contributed by atoms with Crippen molar-refractivity contribution >= 4 is 6.03 Å². The van der Waals surface area contributed by atoms with Crippen molar-refractivity contribution in [2.24, 2.45) is 5.92 Å². The molecule has 1 aromatic carbocycles. The maximum absolute atomic E-state index is 11.8. The molecule has 1 fully saturated rings. The predicted molar refractivity (Wildman–Crippen MR) is 86.2 cm³/mol. The molecule has 0 saturated carbocycles. The van der Waals surface area contributed by atoms with Crippen molar-refractivity contribution in [1.29, 1.82) is 0 Å². The summed E-state index contributed by atoms with van der Waals surface area (Å²) in [5.74, 6) is 1.37. The monoisotopic (exact) mass is 306 g/mol. The zero-order valence-corrected chi connectivity index (χ0v) is 13.4. The number of benzene rings is 1. The molecule has 0 unspecified atom stereocenters. The molecule has 1 aliphatic heterocycles. The van der Waals surface area contributed by atoms with Crippen molar-refractivity contribution in [1.82, 2.24) is 10.6 Å². The summed E-state index contributed by atoms with van der Waals surface area (Å²) in [5.41, 5.74) is 1.18. The van der Waals surface area contributed by atoms with Crippen LogP contribution in [0.3, 0.4) is 0 Å². The Labute approximate surface area is 132 Å². The highest BCUT2D eigenvalue weighted by molar-refractivity contribution is 5.73. The lowest BCUT2D eigenvalue weighted by Gasteiger charge is -2.27. The van der Waals surface area contributed by atoms with Gasteiger partial charge in [0.15, 0.2) is 0 Å². The number of carbonyl (C=O) groups excluding carboxylic acids is 1. The third kappa shape index (κ3) is 5.56. The van der Waals surface area contributed by atoms with Gasteiger partial charge in [-0.1, -0.05) is 12.1 Å². The lowest BCUT2D eigenvalue weighted by Crippen LogP contribution is -2.40. The van der Waals surface area contributed by atoms with E-state index in [2.05, 4.69) is 17.6 Å². The smallest absolute Gasteiger partial charge is 0.314 e. The van der Waals surface area contributed by atoms with Gasteiger partial charge in [0.1, 0.15) is 5.75 Å². The van der Waals surface area contributed by atoms with Crippen LogP contribution in [-0.2, 0) is 11.2 Å². The Morgan fingerprint density at radius 2 is 2.09 bits per heavy atom. The predicted octanol–water partition coefficient (Wildman–Crippen LogP) is 2.35. The average Bonchev–Trinajstić information content (AvgIpc) is 2.54. The molecule has 0 spiro atoms. The topological polar surface area (TPSA) is 59.6 Å². The zero-order chi connectivity index (χ0) is 15.8. The van der Waals surface area contributed by atoms with Gasteiger partial charge in [-0.3, -0.25) is 0 Å². The summed E-state index contributed by atoms with van der Waals surface area (Å²) in [4.78, 5) is 11.8. The number of hydrogen-bond acceptors (Lipinski definition) is 3. The molecule has 1 saturated heterocycles. The SMILES string of the molecule is COc1ccc(CCNC(=O)NC[C@@H]2CCO[C@@H](C)C2)cc1. The Morgan fingerprint density at radius 1 is 1.32 bits per heavy atom. The third-order valence-electron chi connectivity index (χ3n) is 4.00. The molecule has 5 nitrogen and oxygen atoms in total. The van der Waals surface area contributed by atoms with Crippen molar-refractivity contribution in [3.63, 3.8) is 0 Å². The summed E-state index contributed by atoms with van der Waals surface area (Å²) in [6.07, 6.45) is 3.16. The van der Waals surface area contributed by atoms with Gasteiger partial charge >= 0.3 is 6.03 Å². The van der Waals surface area contributed by atoms with Crippen molar-refractivity contribution in [3.8, 4) is 5.75 Å². The van der Waals surface area contributed by atoms with E-state index in [1.54, 1.807) is 7.11 Å². The fourth-order valence-electron chi connectivity index (χ4n) is 2.69. The second kappa shape index (κ2) is 8.63. The molecule has 0 aromatic heterocycles. The largest absolute Gasteiger partial charge is 0.497 e. The summed E-state index contributed by atoms with van der Waals surface area (Å²) in [5, 5.41) is 5.85. The van der Waals surface area contributed by atoms with Gasteiger partial charge in [-0.05, 0) is 49.8 Å². The molecular formula is C17H26N2O3. The van der Waals surface area contributed by atoms with E-state index in [9.17, 15) is 4.79 Å². The van der Waals surface area contributed by atoms with Crippen LogP contribution in [0, 0.1) is 5.92 Å². The summed E-state index contributed by atoms with van der Waals surface area (Å²) < 4.78 is 10.6. The summed E-state index contributed by atoms with van der Waals surface area (Å²) in [6, 6.07) is 7.81. The van der Waals surface area contributed by atoms with E-state index < -0.39 is 0 Å². The molecular weight excluding hydrogens is 280 g/mol. The molecule has 1 aliphatic rings. The number of rotatable bonds is 6. The van der Waals surface area contributed by atoms with Gasteiger partial charge in [0.05, 0.1) is 13.2 Å². The summed E-state index contributed by atoms with van der Waals surface area (Å²) in [7, 11) is 1.65. The van der Waals surface area contributed by atoms with Crippen LogP contribution in [0.15, 0.2) is 24.3 Å². The van der Waals surface area contributed by atoms with Crippen LogP contribution in [0.5, 0.6) is 5.75 Å². The minimum atomic E-state index is -0.0901. The molecule has 2 rings (SSSR count). The first-order chi connectivity index (χ1) is 10.7. The maximum atomic E-state index is 11.8. The molecule has 5 heteroatoms. The van der Waals surface area contributed by atoms with E-state index in [4.69, 9.17) is 9.47 Å². The van der Waals surface area contributed by atoms with Crippen LogP contribution < -0.4 is 15.4 Å². The van der Waals surface area contributed by atoms with Crippen LogP contribution in [0.2, 0.25) is 0 Å². The Balaban J connectivity index is 1.60. The van der Waals surface area contributed by atoms with E-state index >= 15 is 0 Å². The Bertz CT molecular complexity index is 461. The first-order valence-corrected chi connectivity index (χ1v) is 7.93. The minimum Gasteiger partial charge on any atom is -0.497 e. The number of carbonyl (C=O) groups is 1. The van der Waals surface area contributed by atoms with Crippen LogP contribution in [0.4, 0.5) is 4.79 Å². The van der Waals surface area contributed by atoms with Gasteiger partial charge < -0.3 is 20.1 Å². The molecule has 1 aromatic rings. The number of hydrogen-bond donors (Lipinski definition) is 2. The molecule has 22 heavy (non-hydrogen) atoms. The molecule has 2 amide bonds. The number of methoxy groups -OCH3 is 1. The second-order valence-corrected chi connectivity index (χ2v) is 5.81. The molecule has 122 valence electrons. The van der Waals surface area contributed by atoms with Crippen molar-refractivity contribution in [2.75, 3.05) is 26.8 Å². The Kier molecular flexibility index (Phi) is 6.52. The fraction of sp³-hybridized carbons (Fsp3) is 0.588. The first-order valence-electron chi connectivity index (χ1n) is 7.93. The van der Waals surface area contributed by atoms with Gasteiger partial charge in [0.25, 0.3) is 0 Å². The van der Waals surface area contributed by atoms with Crippen molar-refractivity contribution < 1.29 is 14.3 Å². The van der Waals surface area contributed by atoms with Gasteiger partial charge in [0.2, 0.25) is 0 Å².